The molecule has 6 nitrogen and oxygen atoms in total. The Bertz CT molecular complexity index is 333. The SMILES string of the molecule is COC(=O)CN1CC(NCCC(C)C)CC(C(=O)O)C1. The molecule has 1 saturated heterocycles. The van der Waals surface area contributed by atoms with E-state index in [-0.39, 0.29) is 18.6 Å². The minimum atomic E-state index is -0.796. The Kier molecular flexibility index (Phi) is 6.95. The Morgan fingerprint density at radius 2 is 2.10 bits per heavy atom. The van der Waals surface area contributed by atoms with Crippen molar-refractivity contribution in [2.24, 2.45) is 11.8 Å². The van der Waals surface area contributed by atoms with E-state index in [9.17, 15) is 14.7 Å². The van der Waals surface area contributed by atoms with E-state index in [0.29, 0.717) is 25.4 Å². The molecule has 0 aromatic heterocycles. The molecule has 0 bridgehead atoms. The number of likely N-dealkylation sites (tertiary alicyclic amines) is 1. The van der Waals surface area contributed by atoms with E-state index in [4.69, 9.17) is 0 Å². The van der Waals surface area contributed by atoms with Gasteiger partial charge < -0.3 is 15.2 Å². The third-order valence-electron chi connectivity index (χ3n) is 3.61. The fourth-order valence-electron chi connectivity index (χ4n) is 2.47. The number of hydrogen-bond donors (Lipinski definition) is 2. The second kappa shape index (κ2) is 8.21. The third-order valence-corrected chi connectivity index (χ3v) is 3.61. The molecule has 1 aliphatic heterocycles. The highest BCUT2D eigenvalue weighted by Crippen LogP contribution is 2.17. The Morgan fingerprint density at radius 3 is 2.65 bits per heavy atom. The van der Waals surface area contributed by atoms with Crippen molar-refractivity contribution >= 4 is 11.9 Å². The van der Waals surface area contributed by atoms with Gasteiger partial charge in [-0.15, -0.1) is 0 Å². The number of carbonyl (C=O) groups is 2. The summed E-state index contributed by atoms with van der Waals surface area (Å²) < 4.78 is 4.65. The van der Waals surface area contributed by atoms with Crippen LogP contribution in [0.5, 0.6) is 0 Å². The first-order valence-corrected chi connectivity index (χ1v) is 7.17. The molecule has 2 atom stereocenters. The highest BCUT2D eigenvalue weighted by molar-refractivity contribution is 5.72. The Balaban J connectivity index is 2.51. The van der Waals surface area contributed by atoms with Gasteiger partial charge in [-0.25, -0.2) is 0 Å². The van der Waals surface area contributed by atoms with Gasteiger partial charge in [0.15, 0.2) is 0 Å². The zero-order valence-corrected chi connectivity index (χ0v) is 12.6. The number of carboxylic acids is 1. The minimum absolute atomic E-state index is 0.119. The number of methoxy groups -OCH3 is 1. The predicted octanol–water partition coefficient (Wildman–Crippen LogP) is 0.570. The molecular weight excluding hydrogens is 260 g/mol. The van der Waals surface area contributed by atoms with E-state index >= 15 is 0 Å². The molecule has 0 radical (unpaired) electrons. The molecule has 0 spiro atoms. The number of rotatable bonds is 7. The zero-order chi connectivity index (χ0) is 15.1. The largest absolute Gasteiger partial charge is 0.481 e. The number of esters is 1. The van der Waals surface area contributed by atoms with Crippen molar-refractivity contribution in [3.8, 4) is 0 Å². The van der Waals surface area contributed by atoms with Crippen molar-refractivity contribution in [3.63, 3.8) is 0 Å². The lowest BCUT2D eigenvalue weighted by Crippen LogP contribution is -2.52. The predicted molar refractivity (Wildman–Crippen MR) is 75.4 cm³/mol. The van der Waals surface area contributed by atoms with E-state index in [1.54, 1.807) is 0 Å². The van der Waals surface area contributed by atoms with Gasteiger partial charge in [-0.1, -0.05) is 13.8 Å². The number of piperidine rings is 1. The second-order valence-electron chi connectivity index (χ2n) is 5.87. The molecule has 0 saturated carbocycles. The molecule has 1 aliphatic rings. The molecule has 1 heterocycles. The van der Waals surface area contributed by atoms with Crippen molar-refractivity contribution in [1.82, 2.24) is 10.2 Å². The van der Waals surface area contributed by atoms with Crippen LogP contribution in [-0.2, 0) is 14.3 Å². The topological polar surface area (TPSA) is 78.9 Å². The van der Waals surface area contributed by atoms with E-state index in [2.05, 4.69) is 23.9 Å². The first-order chi connectivity index (χ1) is 9.42. The number of carboxylic acid groups (broad SMARTS) is 1. The minimum Gasteiger partial charge on any atom is -0.481 e. The normalized spacial score (nSPS) is 23.8. The Morgan fingerprint density at radius 1 is 1.40 bits per heavy atom. The van der Waals surface area contributed by atoms with Crippen LogP contribution in [0, 0.1) is 11.8 Å². The van der Waals surface area contributed by atoms with E-state index in [1.807, 2.05) is 4.90 Å². The second-order valence-corrected chi connectivity index (χ2v) is 5.87. The van der Waals surface area contributed by atoms with Crippen LogP contribution in [0.25, 0.3) is 0 Å². The molecule has 2 N–H and O–H groups in total. The van der Waals surface area contributed by atoms with Gasteiger partial charge in [0.25, 0.3) is 0 Å². The summed E-state index contributed by atoms with van der Waals surface area (Å²) in [6, 6.07) is 0.119. The van der Waals surface area contributed by atoms with E-state index in [0.717, 1.165) is 13.0 Å². The quantitative estimate of drug-likeness (QED) is 0.666. The van der Waals surface area contributed by atoms with Gasteiger partial charge in [-0.3, -0.25) is 14.5 Å². The molecule has 1 rings (SSSR count). The van der Waals surface area contributed by atoms with Crippen molar-refractivity contribution in [2.75, 3.05) is 33.3 Å². The van der Waals surface area contributed by atoms with Gasteiger partial charge in [0.05, 0.1) is 19.6 Å². The summed E-state index contributed by atoms with van der Waals surface area (Å²) in [5.74, 6) is -0.926. The van der Waals surface area contributed by atoms with Crippen molar-refractivity contribution in [1.29, 1.82) is 0 Å². The van der Waals surface area contributed by atoms with Crippen LogP contribution in [-0.4, -0.2) is 61.3 Å². The molecule has 0 amide bonds. The van der Waals surface area contributed by atoms with Gasteiger partial charge in [-0.05, 0) is 25.3 Å². The van der Waals surface area contributed by atoms with Crippen LogP contribution in [0.1, 0.15) is 26.7 Å². The van der Waals surface area contributed by atoms with Crippen molar-refractivity contribution in [2.45, 2.75) is 32.7 Å². The van der Waals surface area contributed by atoms with Gasteiger partial charge in [0, 0.05) is 19.1 Å². The number of aliphatic carboxylic acids is 1. The van der Waals surface area contributed by atoms with E-state index < -0.39 is 11.9 Å². The monoisotopic (exact) mass is 286 g/mol. The fraction of sp³-hybridized carbons (Fsp3) is 0.857. The first-order valence-electron chi connectivity index (χ1n) is 7.17. The lowest BCUT2D eigenvalue weighted by atomic mass is 9.94. The summed E-state index contributed by atoms with van der Waals surface area (Å²) in [7, 11) is 1.35. The summed E-state index contributed by atoms with van der Waals surface area (Å²) in [5, 5.41) is 12.6. The highest BCUT2D eigenvalue weighted by Gasteiger charge is 2.32. The smallest absolute Gasteiger partial charge is 0.319 e. The van der Waals surface area contributed by atoms with Gasteiger partial charge in [0.1, 0.15) is 0 Å². The van der Waals surface area contributed by atoms with Crippen molar-refractivity contribution in [3.05, 3.63) is 0 Å². The molecule has 2 unspecified atom stereocenters. The van der Waals surface area contributed by atoms with Crippen molar-refractivity contribution < 1.29 is 19.4 Å². The molecule has 0 aliphatic carbocycles. The summed E-state index contributed by atoms with van der Waals surface area (Å²) in [4.78, 5) is 24.4. The summed E-state index contributed by atoms with van der Waals surface area (Å²) in [6.07, 6.45) is 1.68. The molecule has 0 aromatic rings. The lowest BCUT2D eigenvalue weighted by molar-refractivity contribution is -0.148. The Hall–Kier alpha value is -1.14. The van der Waals surface area contributed by atoms with Crippen LogP contribution in [0.4, 0.5) is 0 Å². The van der Waals surface area contributed by atoms with Gasteiger partial charge in [0.2, 0.25) is 0 Å². The molecule has 6 heteroatoms. The van der Waals surface area contributed by atoms with Crippen LogP contribution in [0.2, 0.25) is 0 Å². The standard InChI is InChI=1S/C14H26N2O4/c1-10(2)4-5-15-12-6-11(14(18)19)7-16(8-12)9-13(17)20-3/h10-12,15H,4-9H2,1-3H3,(H,18,19). The average Bonchev–Trinajstić information content (AvgIpc) is 2.37. The Labute approximate surface area is 120 Å². The molecule has 116 valence electrons. The zero-order valence-electron chi connectivity index (χ0n) is 12.6. The summed E-state index contributed by atoms with van der Waals surface area (Å²) >= 11 is 0. The molecule has 20 heavy (non-hydrogen) atoms. The first kappa shape index (κ1) is 16.9. The maximum Gasteiger partial charge on any atom is 0.319 e. The fourth-order valence-corrected chi connectivity index (χ4v) is 2.47. The van der Waals surface area contributed by atoms with Crippen LogP contribution in [0.3, 0.4) is 0 Å². The maximum absolute atomic E-state index is 11.3. The van der Waals surface area contributed by atoms with Crippen LogP contribution >= 0.6 is 0 Å². The van der Waals surface area contributed by atoms with E-state index in [1.165, 1.54) is 7.11 Å². The maximum atomic E-state index is 11.3. The molecule has 1 fully saturated rings. The highest BCUT2D eigenvalue weighted by atomic mass is 16.5. The molecule has 0 aromatic carbocycles. The van der Waals surface area contributed by atoms with Crippen LogP contribution in [0.15, 0.2) is 0 Å². The van der Waals surface area contributed by atoms with Gasteiger partial charge in [-0.2, -0.15) is 0 Å². The summed E-state index contributed by atoms with van der Waals surface area (Å²) in [5.41, 5.74) is 0. The number of carbonyl (C=O) groups excluding carboxylic acids is 1. The lowest BCUT2D eigenvalue weighted by Gasteiger charge is -2.36. The molecular formula is C14H26N2O4. The average molecular weight is 286 g/mol. The number of hydrogen-bond acceptors (Lipinski definition) is 5. The van der Waals surface area contributed by atoms with Crippen LogP contribution < -0.4 is 5.32 Å². The number of nitrogens with zero attached hydrogens (tertiary/aromatic N) is 1. The summed E-state index contributed by atoms with van der Waals surface area (Å²) in [6.45, 7) is 6.45. The van der Waals surface area contributed by atoms with Gasteiger partial charge >= 0.3 is 11.9 Å². The third kappa shape index (κ3) is 5.88. The number of ether oxygens (including phenoxy) is 1. The number of nitrogens with one attached hydrogen (secondary N) is 1.